The van der Waals surface area contributed by atoms with Gasteiger partial charge in [0, 0.05) is 24.4 Å². The Labute approximate surface area is 120 Å². The number of rotatable bonds is 4. The Bertz CT molecular complexity index is 581. The van der Waals surface area contributed by atoms with Gasteiger partial charge >= 0.3 is 0 Å². The molecule has 2 aromatic rings. The second kappa shape index (κ2) is 6.06. The largest absolute Gasteiger partial charge is 0.381 e. The van der Waals surface area contributed by atoms with Crippen molar-refractivity contribution in [1.82, 2.24) is 20.3 Å². The van der Waals surface area contributed by atoms with E-state index in [1.54, 1.807) is 18.6 Å². The molecule has 7 heteroatoms. The van der Waals surface area contributed by atoms with Crippen molar-refractivity contribution >= 4 is 17.2 Å². The summed E-state index contributed by atoms with van der Waals surface area (Å²) in [5, 5.41) is 5.63. The van der Waals surface area contributed by atoms with Crippen LogP contribution in [-0.4, -0.2) is 34.1 Å². The van der Waals surface area contributed by atoms with E-state index in [1.165, 1.54) is 11.3 Å². The van der Waals surface area contributed by atoms with Crippen LogP contribution in [-0.2, 0) is 16.1 Å². The molecule has 0 saturated carbocycles. The van der Waals surface area contributed by atoms with E-state index in [1.807, 2.05) is 5.38 Å². The number of nitrogens with zero attached hydrogens (tertiary/aromatic N) is 3. The van der Waals surface area contributed by atoms with Crippen LogP contribution in [0.1, 0.15) is 12.1 Å². The minimum absolute atomic E-state index is 0.0203. The fourth-order valence-corrected chi connectivity index (χ4v) is 2.76. The molecule has 0 bridgehead atoms. The molecular weight excluding hydrogens is 276 g/mol. The van der Waals surface area contributed by atoms with E-state index >= 15 is 0 Å². The van der Waals surface area contributed by atoms with Gasteiger partial charge < -0.3 is 10.1 Å². The molecule has 1 fully saturated rings. The molecule has 0 spiro atoms. The molecule has 0 unspecified atom stereocenters. The summed E-state index contributed by atoms with van der Waals surface area (Å²) < 4.78 is 5.20. The molecular formula is C13H14N4O2S. The van der Waals surface area contributed by atoms with Crippen LogP contribution in [0.15, 0.2) is 24.0 Å². The molecule has 1 amide bonds. The maximum absolute atomic E-state index is 11.9. The molecule has 1 saturated heterocycles. The first kappa shape index (κ1) is 13.1. The fraction of sp³-hybridized carbons (Fsp3) is 0.385. The minimum Gasteiger partial charge on any atom is -0.381 e. The number of hydrogen-bond donors (Lipinski definition) is 1. The van der Waals surface area contributed by atoms with Crippen LogP contribution in [0.3, 0.4) is 0 Å². The van der Waals surface area contributed by atoms with E-state index in [2.05, 4.69) is 20.3 Å². The predicted octanol–water partition coefficient (Wildman–Crippen LogP) is 1.25. The Morgan fingerprint density at radius 3 is 3.20 bits per heavy atom. The Balaban J connectivity index is 1.59. The van der Waals surface area contributed by atoms with Crippen LogP contribution in [0, 0.1) is 5.92 Å². The van der Waals surface area contributed by atoms with Gasteiger partial charge in [-0.15, -0.1) is 11.3 Å². The van der Waals surface area contributed by atoms with E-state index in [4.69, 9.17) is 4.74 Å². The number of carbonyl (C=O) groups is 1. The smallest absolute Gasteiger partial charge is 0.225 e. The van der Waals surface area contributed by atoms with E-state index in [0.29, 0.717) is 19.8 Å². The number of thiazole rings is 1. The van der Waals surface area contributed by atoms with Crippen molar-refractivity contribution in [2.75, 3.05) is 13.2 Å². The normalized spacial score (nSPS) is 18.1. The quantitative estimate of drug-likeness (QED) is 0.917. The Hall–Kier alpha value is -1.86. The molecule has 0 radical (unpaired) electrons. The van der Waals surface area contributed by atoms with Crippen molar-refractivity contribution in [3.63, 3.8) is 0 Å². The summed E-state index contributed by atoms with van der Waals surface area (Å²) in [6.07, 6.45) is 5.74. The van der Waals surface area contributed by atoms with E-state index in [9.17, 15) is 4.79 Å². The monoisotopic (exact) mass is 290 g/mol. The van der Waals surface area contributed by atoms with Crippen molar-refractivity contribution in [1.29, 1.82) is 0 Å². The average molecular weight is 290 g/mol. The SMILES string of the molecule is O=C(NCc1csc(-c2cnccn2)n1)[C@H]1CCOC1. The summed E-state index contributed by atoms with van der Waals surface area (Å²) in [4.78, 5) is 24.5. The van der Waals surface area contributed by atoms with Gasteiger partial charge in [-0.3, -0.25) is 14.8 Å². The number of ether oxygens (including phenoxy) is 1. The summed E-state index contributed by atoms with van der Waals surface area (Å²) in [6.45, 7) is 1.63. The third-order valence-electron chi connectivity index (χ3n) is 3.08. The lowest BCUT2D eigenvalue weighted by Gasteiger charge is -2.07. The van der Waals surface area contributed by atoms with Crippen LogP contribution in [0.25, 0.3) is 10.7 Å². The lowest BCUT2D eigenvalue weighted by atomic mass is 10.1. The van der Waals surface area contributed by atoms with Crippen molar-refractivity contribution < 1.29 is 9.53 Å². The molecule has 3 heterocycles. The van der Waals surface area contributed by atoms with Crippen molar-refractivity contribution in [3.05, 3.63) is 29.7 Å². The summed E-state index contributed by atoms with van der Waals surface area (Å²) in [5.41, 5.74) is 1.59. The third-order valence-corrected chi connectivity index (χ3v) is 3.99. The van der Waals surface area contributed by atoms with Gasteiger partial charge in [0.15, 0.2) is 0 Å². The number of nitrogens with one attached hydrogen (secondary N) is 1. The predicted molar refractivity (Wildman–Crippen MR) is 73.9 cm³/mol. The van der Waals surface area contributed by atoms with Gasteiger partial charge in [-0.1, -0.05) is 0 Å². The standard InChI is InChI=1S/C13H14N4O2S/c18-12(9-1-4-19-7-9)16-5-10-8-20-13(17-10)11-6-14-2-3-15-11/h2-3,6,8-9H,1,4-5,7H2,(H,16,18)/t9-/m0/s1. The fourth-order valence-electron chi connectivity index (χ4n) is 1.98. The highest BCUT2D eigenvalue weighted by atomic mass is 32.1. The van der Waals surface area contributed by atoms with Gasteiger partial charge in [-0.05, 0) is 6.42 Å². The lowest BCUT2D eigenvalue weighted by molar-refractivity contribution is -0.125. The van der Waals surface area contributed by atoms with Crippen molar-refractivity contribution in [2.45, 2.75) is 13.0 Å². The van der Waals surface area contributed by atoms with Gasteiger partial charge in [0.25, 0.3) is 0 Å². The van der Waals surface area contributed by atoms with Crippen molar-refractivity contribution in [2.24, 2.45) is 5.92 Å². The molecule has 0 aliphatic carbocycles. The second-order valence-electron chi connectivity index (χ2n) is 4.51. The maximum Gasteiger partial charge on any atom is 0.225 e. The first-order valence-corrected chi connectivity index (χ1v) is 7.27. The molecule has 104 valence electrons. The maximum atomic E-state index is 11.9. The molecule has 0 aromatic carbocycles. The average Bonchev–Trinajstić information content (AvgIpc) is 3.17. The summed E-state index contributed by atoms with van der Waals surface area (Å²) >= 11 is 1.50. The van der Waals surface area contributed by atoms with E-state index < -0.39 is 0 Å². The van der Waals surface area contributed by atoms with Crippen LogP contribution in [0.2, 0.25) is 0 Å². The molecule has 3 rings (SSSR count). The van der Waals surface area contributed by atoms with Gasteiger partial charge in [-0.25, -0.2) is 4.98 Å². The molecule has 1 aliphatic heterocycles. The zero-order valence-electron chi connectivity index (χ0n) is 10.8. The van der Waals surface area contributed by atoms with E-state index in [-0.39, 0.29) is 11.8 Å². The van der Waals surface area contributed by atoms with Crippen LogP contribution < -0.4 is 5.32 Å². The van der Waals surface area contributed by atoms with Gasteiger partial charge in [-0.2, -0.15) is 0 Å². The first-order chi connectivity index (χ1) is 9.83. The van der Waals surface area contributed by atoms with Gasteiger partial charge in [0.2, 0.25) is 5.91 Å². The summed E-state index contributed by atoms with van der Waals surface area (Å²) in [5.74, 6) is 0.0182. The van der Waals surface area contributed by atoms with Crippen LogP contribution in [0.4, 0.5) is 0 Å². The highest BCUT2D eigenvalue weighted by molar-refractivity contribution is 7.13. The second-order valence-corrected chi connectivity index (χ2v) is 5.37. The Morgan fingerprint density at radius 1 is 1.50 bits per heavy atom. The van der Waals surface area contributed by atoms with Crippen LogP contribution >= 0.6 is 11.3 Å². The Kier molecular flexibility index (Phi) is 3.98. The number of hydrogen-bond acceptors (Lipinski definition) is 6. The number of amides is 1. The number of aromatic nitrogens is 3. The van der Waals surface area contributed by atoms with Gasteiger partial charge in [0.05, 0.1) is 31.0 Å². The molecule has 6 nitrogen and oxygen atoms in total. The first-order valence-electron chi connectivity index (χ1n) is 6.39. The molecule has 1 atom stereocenters. The molecule has 1 aliphatic rings. The Morgan fingerprint density at radius 2 is 2.45 bits per heavy atom. The topological polar surface area (TPSA) is 77.0 Å². The molecule has 2 aromatic heterocycles. The molecule has 1 N–H and O–H groups in total. The van der Waals surface area contributed by atoms with Crippen LogP contribution in [0.5, 0.6) is 0 Å². The minimum atomic E-state index is -0.0203. The summed E-state index contributed by atoms with van der Waals surface area (Å²) in [6, 6.07) is 0. The summed E-state index contributed by atoms with van der Waals surface area (Å²) in [7, 11) is 0. The van der Waals surface area contributed by atoms with Gasteiger partial charge in [0.1, 0.15) is 10.7 Å². The number of carbonyl (C=O) groups excluding carboxylic acids is 1. The van der Waals surface area contributed by atoms with Crippen molar-refractivity contribution in [3.8, 4) is 10.7 Å². The zero-order chi connectivity index (χ0) is 13.8. The van der Waals surface area contributed by atoms with E-state index in [0.717, 1.165) is 22.8 Å². The highest BCUT2D eigenvalue weighted by Gasteiger charge is 2.23. The molecule has 20 heavy (non-hydrogen) atoms. The third kappa shape index (κ3) is 3.00. The highest BCUT2D eigenvalue weighted by Crippen LogP contribution is 2.20. The lowest BCUT2D eigenvalue weighted by Crippen LogP contribution is -2.30. The zero-order valence-corrected chi connectivity index (χ0v) is 11.6.